The van der Waals surface area contributed by atoms with E-state index in [2.05, 4.69) is 20.7 Å². The van der Waals surface area contributed by atoms with Crippen LogP contribution in [0.4, 0.5) is 12.9 Å². The summed E-state index contributed by atoms with van der Waals surface area (Å²) in [4.78, 5) is 0. The van der Waals surface area contributed by atoms with Gasteiger partial charge in [-0.25, -0.2) is 0 Å². The van der Waals surface area contributed by atoms with E-state index in [1.807, 2.05) is 0 Å². The molecule has 0 N–H and O–H groups in total. The molecule has 0 unspecified atom stereocenters. The van der Waals surface area contributed by atoms with E-state index in [1.54, 1.807) is 24.3 Å². The van der Waals surface area contributed by atoms with Gasteiger partial charge in [0.25, 0.3) is 0 Å². The third kappa shape index (κ3) is 4.15. The maximum Gasteiger partial charge on any atom is 0.503 e. The van der Waals surface area contributed by atoms with Crippen LogP contribution in [0.5, 0.6) is 0 Å². The molecule has 14 heavy (non-hydrogen) atoms. The van der Waals surface area contributed by atoms with E-state index in [9.17, 15) is 12.9 Å². The van der Waals surface area contributed by atoms with E-state index >= 15 is 0 Å². The van der Waals surface area contributed by atoms with Gasteiger partial charge in [0.15, 0.2) is 0 Å². The van der Waals surface area contributed by atoms with Crippen LogP contribution in [0.1, 0.15) is 5.56 Å². The van der Waals surface area contributed by atoms with Crippen LogP contribution in [0.3, 0.4) is 0 Å². The van der Waals surface area contributed by atoms with Gasteiger partial charge in [0.2, 0.25) is 0 Å². The average Bonchev–Trinajstić information content (AvgIpc) is 2.06. The van der Waals surface area contributed by atoms with Gasteiger partial charge in [0.1, 0.15) is 0 Å². The Kier molecular flexibility index (Phi) is 4.01. The molecular weight excluding hydrogens is 260 g/mol. The summed E-state index contributed by atoms with van der Waals surface area (Å²) in [5.41, 5.74) is 0.715. The number of hydrogen-bond donors (Lipinski definition) is 0. The standard InChI is InChI=1S/C8H8BBrF3O/c10-8-4-2-1-3-7(8)5-14-6-9(11,12)13/h1-4H,5-6H2/q-1. The zero-order chi connectivity index (χ0) is 10.6. The third-order valence-corrected chi connectivity index (χ3v) is 2.30. The monoisotopic (exact) mass is 267 g/mol. The van der Waals surface area contributed by atoms with Crippen molar-refractivity contribution in [2.75, 3.05) is 6.51 Å². The number of rotatable bonds is 4. The lowest BCUT2D eigenvalue weighted by Gasteiger charge is -2.14. The molecule has 0 aliphatic heterocycles. The molecule has 1 nitrogen and oxygen atoms in total. The van der Waals surface area contributed by atoms with Crippen molar-refractivity contribution in [1.82, 2.24) is 0 Å². The molecule has 0 bridgehead atoms. The molecule has 0 aliphatic carbocycles. The highest BCUT2D eigenvalue weighted by molar-refractivity contribution is 9.10. The average molecular weight is 268 g/mol. The first kappa shape index (κ1) is 11.6. The molecule has 0 saturated carbocycles. The Morgan fingerprint density at radius 3 is 2.43 bits per heavy atom. The lowest BCUT2D eigenvalue weighted by molar-refractivity contribution is 0.137. The summed E-state index contributed by atoms with van der Waals surface area (Å²) in [5, 5.41) is 0. The van der Waals surface area contributed by atoms with Crippen LogP contribution in [0.2, 0.25) is 0 Å². The van der Waals surface area contributed by atoms with Gasteiger partial charge in [-0.3, -0.25) is 0 Å². The summed E-state index contributed by atoms with van der Waals surface area (Å²) in [6.07, 6.45) is 0. The topological polar surface area (TPSA) is 9.23 Å². The molecule has 0 atom stereocenters. The molecule has 1 rings (SSSR count). The SMILES string of the molecule is F[B-](F)(F)COCc1ccccc1Br. The summed E-state index contributed by atoms with van der Waals surface area (Å²) >= 11 is 3.22. The van der Waals surface area contributed by atoms with E-state index in [0.717, 1.165) is 4.47 Å². The molecular formula is C8H8BBrF3O-. The summed E-state index contributed by atoms with van der Waals surface area (Å²) in [6.45, 7) is -6.03. The molecule has 0 radical (unpaired) electrons. The van der Waals surface area contributed by atoms with Gasteiger partial charge in [0, 0.05) is 11.0 Å². The first-order chi connectivity index (χ1) is 6.49. The highest BCUT2D eigenvalue weighted by Crippen LogP contribution is 2.17. The van der Waals surface area contributed by atoms with Gasteiger partial charge < -0.3 is 17.7 Å². The fraction of sp³-hybridized carbons (Fsp3) is 0.250. The molecule has 0 fully saturated rings. The zero-order valence-corrected chi connectivity index (χ0v) is 8.81. The molecule has 0 saturated heterocycles. The van der Waals surface area contributed by atoms with Gasteiger partial charge in [0.05, 0.1) is 6.61 Å². The molecule has 78 valence electrons. The number of hydrogen-bond acceptors (Lipinski definition) is 1. The predicted octanol–water partition coefficient (Wildman–Crippen LogP) is 3.35. The predicted molar refractivity (Wildman–Crippen MR) is 52.9 cm³/mol. The number of benzene rings is 1. The normalized spacial score (nSPS) is 11.7. The minimum absolute atomic E-state index is 0.0251. The van der Waals surface area contributed by atoms with Crippen molar-refractivity contribution >= 4 is 22.9 Å². The highest BCUT2D eigenvalue weighted by atomic mass is 79.9. The van der Waals surface area contributed by atoms with Gasteiger partial charge in [-0.05, 0) is 11.6 Å². The Balaban J connectivity index is 2.43. The van der Waals surface area contributed by atoms with Crippen LogP contribution >= 0.6 is 15.9 Å². The Morgan fingerprint density at radius 1 is 1.21 bits per heavy atom. The molecule has 1 aromatic rings. The second-order valence-electron chi connectivity index (χ2n) is 2.82. The highest BCUT2D eigenvalue weighted by Gasteiger charge is 2.22. The van der Waals surface area contributed by atoms with E-state index in [0.29, 0.717) is 5.56 Å². The van der Waals surface area contributed by atoms with Crippen molar-refractivity contribution in [3.05, 3.63) is 34.3 Å². The van der Waals surface area contributed by atoms with Crippen LogP contribution in [0.15, 0.2) is 28.7 Å². The van der Waals surface area contributed by atoms with E-state index in [-0.39, 0.29) is 6.61 Å². The van der Waals surface area contributed by atoms with Crippen LogP contribution in [-0.4, -0.2) is 13.5 Å². The van der Waals surface area contributed by atoms with Gasteiger partial charge in [-0.15, -0.1) is 0 Å². The van der Waals surface area contributed by atoms with Crippen molar-refractivity contribution in [2.24, 2.45) is 0 Å². The molecule has 1 aromatic carbocycles. The molecule has 0 aromatic heterocycles. The Labute approximate surface area is 88.4 Å². The first-order valence-corrected chi connectivity index (χ1v) is 4.80. The Morgan fingerprint density at radius 2 is 1.86 bits per heavy atom. The van der Waals surface area contributed by atoms with Gasteiger partial charge >= 0.3 is 6.98 Å². The number of ether oxygens (including phenoxy) is 1. The largest absolute Gasteiger partial charge is 0.503 e. The van der Waals surface area contributed by atoms with Crippen LogP contribution in [-0.2, 0) is 11.3 Å². The molecule has 0 spiro atoms. The molecule has 0 heterocycles. The fourth-order valence-electron chi connectivity index (χ4n) is 0.918. The van der Waals surface area contributed by atoms with E-state index < -0.39 is 13.5 Å². The van der Waals surface area contributed by atoms with Gasteiger partial charge in [-0.2, -0.15) is 0 Å². The molecule has 6 heteroatoms. The summed E-state index contributed by atoms with van der Waals surface area (Å²) in [6, 6.07) is 7.02. The van der Waals surface area contributed by atoms with E-state index in [1.165, 1.54) is 0 Å². The quantitative estimate of drug-likeness (QED) is 0.761. The summed E-state index contributed by atoms with van der Waals surface area (Å²) < 4.78 is 40.7. The summed E-state index contributed by atoms with van der Waals surface area (Å²) in [7, 11) is 0. The Hall–Kier alpha value is -0.485. The van der Waals surface area contributed by atoms with Crippen molar-refractivity contribution in [2.45, 2.75) is 6.61 Å². The lowest BCUT2D eigenvalue weighted by atomic mass is 9.95. The maximum atomic E-state index is 11.8. The molecule has 0 aliphatic rings. The van der Waals surface area contributed by atoms with Crippen LogP contribution < -0.4 is 0 Å². The minimum atomic E-state index is -4.85. The van der Waals surface area contributed by atoms with Crippen LogP contribution in [0.25, 0.3) is 0 Å². The zero-order valence-electron chi connectivity index (χ0n) is 7.22. The van der Waals surface area contributed by atoms with Crippen molar-refractivity contribution < 1.29 is 17.7 Å². The summed E-state index contributed by atoms with van der Waals surface area (Å²) in [5.74, 6) is 0. The first-order valence-electron chi connectivity index (χ1n) is 4.01. The Bertz CT molecular complexity index is 303. The second-order valence-corrected chi connectivity index (χ2v) is 3.67. The fourth-order valence-corrected chi connectivity index (χ4v) is 1.32. The third-order valence-electron chi connectivity index (χ3n) is 1.52. The molecule has 0 amide bonds. The smallest absolute Gasteiger partial charge is 0.447 e. The minimum Gasteiger partial charge on any atom is -0.447 e. The van der Waals surface area contributed by atoms with E-state index in [4.69, 9.17) is 0 Å². The maximum absolute atomic E-state index is 11.8. The van der Waals surface area contributed by atoms with Gasteiger partial charge in [-0.1, -0.05) is 34.1 Å². The lowest BCUT2D eigenvalue weighted by Crippen LogP contribution is -2.23. The number of halogens is 4. The second kappa shape index (κ2) is 4.84. The van der Waals surface area contributed by atoms with Crippen LogP contribution in [0, 0.1) is 0 Å². The van der Waals surface area contributed by atoms with Crippen molar-refractivity contribution in [3.63, 3.8) is 0 Å². The van der Waals surface area contributed by atoms with Crippen molar-refractivity contribution in [3.8, 4) is 0 Å². The van der Waals surface area contributed by atoms with Crippen molar-refractivity contribution in [1.29, 1.82) is 0 Å².